The van der Waals surface area contributed by atoms with Gasteiger partial charge in [0.1, 0.15) is 47.9 Å². The molecule has 1 amide bonds. The van der Waals surface area contributed by atoms with E-state index in [1.54, 1.807) is 25.1 Å². The fraction of sp³-hybridized carbons (Fsp3) is 0.406. The summed E-state index contributed by atoms with van der Waals surface area (Å²) in [5.74, 6) is 0.565. The van der Waals surface area contributed by atoms with E-state index in [0.717, 1.165) is 27.9 Å². The Hall–Kier alpha value is -3.82. The fourth-order valence-electron chi connectivity index (χ4n) is 5.33. The largest absolute Gasteiger partial charge is 0.496 e. The maximum Gasteiger partial charge on any atom is 0.251 e. The number of rotatable bonds is 8. The second kappa shape index (κ2) is 10.9. The molecule has 41 heavy (non-hydrogen) atoms. The smallest absolute Gasteiger partial charge is 0.251 e. The van der Waals surface area contributed by atoms with Crippen LogP contribution in [-0.4, -0.2) is 50.7 Å². The Morgan fingerprint density at radius 1 is 1.02 bits per heavy atom. The monoisotopic (exact) mass is 564 g/mol. The number of halogens is 1. The lowest BCUT2D eigenvalue weighted by Gasteiger charge is -2.39. The van der Waals surface area contributed by atoms with E-state index in [4.69, 9.17) is 23.7 Å². The van der Waals surface area contributed by atoms with Gasteiger partial charge in [0.2, 0.25) is 0 Å². The third kappa shape index (κ3) is 5.83. The summed E-state index contributed by atoms with van der Waals surface area (Å²) >= 11 is 0. The van der Waals surface area contributed by atoms with Crippen molar-refractivity contribution in [3.8, 4) is 28.4 Å². The molecule has 0 radical (unpaired) electrons. The predicted molar refractivity (Wildman–Crippen MR) is 155 cm³/mol. The number of methoxy groups -OCH3 is 1. The zero-order chi connectivity index (χ0) is 29.5. The SMILES string of the molecule is COc1cc(OC[C@H]2COC(C)(C)O2)ccc1-c1ccc2c(c1COc1cc(F)ccc1C)N(C)C(=O)C(C)(C)N2. The first kappa shape index (κ1) is 28.7. The highest BCUT2D eigenvalue weighted by molar-refractivity contribution is 6.08. The van der Waals surface area contributed by atoms with Crippen LogP contribution < -0.4 is 24.4 Å². The van der Waals surface area contributed by atoms with Gasteiger partial charge in [-0.2, -0.15) is 0 Å². The molecule has 8 nitrogen and oxygen atoms in total. The zero-order valence-electron chi connectivity index (χ0n) is 24.6. The molecule has 0 aliphatic carbocycles. The van der Waals surface area contributed by atoms with Gasteiger partial charge >= 0.3 is 0 Å². The van der Waals surface area contributed by atoms with Crippen molar-refractivity contribution in [1.82, 2.24) is 0 Å². The molecule has 9 heteroatoms. The molecule has 2 aliphatic heterocycles. The molecule has 0 spiro atoms. The van der Waals surface area contributed by atoms with Gasteiger partial charge < -0.3 is 33.9 Å². The molecular weight excluding hydrogens is 527 g/mol. The average molecular weight is 565 g/mol. The van der Waals surface area contributed by atoms with Crippen molar-refractivity contribution in [3.05, 3.63) is 65.5 Å². The highest BCUT2D eigenvalue weighted by Crippen LogP contribution is 2.45. The first-order chi connectivity index (χ1) is 19.4. The Bertz CT molecular complexity index is 1470. The van der Waals surface area contributed by atoms with E-state index < -0.39 is 11.3 Å². The molecule has 1 fully saturated rings. The number of anilines is 2. The molecule has 218 valence electrons. The number of likely N-dealkylation sites (N-methyl/N-ethyl adjacent to an activating group) is 1. The lowest BCUT2D eigenvalue weighted by atomic mass is 9.91. The van der Waals surface area contributed by atoms with Gasteiger partial charge in [-0.15, -0.1) is 0 Å². The summed E-state index contributed by atoms with van der Waals surface area (Å²) in [5, 5.41) is 3.36. The van der Waals surface area contributed by atoms with Crippen molar-refractivity contribution in [2.75, 3.05) is 37.6 Å². The van der Waals surface area contributed by atoms with Crippen LogP contribution in [0.2, 0.25) is 0 Å². The number of benzene rings is 3. The number of nitrogens with one attached hydrogen (secondary N) is 1. The standard InChI is InChI=1S/C32H37FN2O6/c1-19-8-9-20(33)14-27(19)39-18-25-23(12-13-26-29(25)35(6)30(36)31(2,3)34-26)24-11-10-21(15-28(24)37-7)38-16-22-17-40-32(4,5)41-22/h8-15,22,34H,16-18H2,1-7H3/t22-/m0/s1. The van der Waals surface area contributed by atoms with Crippen LogP contribution in [0.25, 0.3) is 11.1 Å². The average Bonchev–Trinajstić information content (AvgIpc) is 3.29. The van der Waals surface area contributed by atoms with Crippen LogP contribution in [0.15, 0.2) is 48.5 Å². The lowest BCUT2D eigenvalue weighted by molar-refractivity contribution is -0.141. The van der Waals surface area contributed by atoms with E-state index in [-0.39, 0.29) is 24.4 Å². The molecule has 2 aliphatic rings. The minimum Gasteiger partial charge on any atom is -0.496 e. The van der Waals surface area contributed by atoms with Crippen LogP contribution in [0.3, 0.4) is 0 Å². The molecule has 1 atom stereocenters. The molecule has 5 rings (SSSR count). The molecule has 0 bridgehead atoms. The van der Waals surface area contributed by atoms with Crippen LogP contribution in [-0.2, 0) is 20.9 Å². The predicted octanol–water partition coefficient (Wildman–Crippen LogP) is 6.09. The van der Waals surface area contributed by atoms with E-state index in [0.29, 0.717) is 36.1 Å². The summed E-state index contributed by atoms with van der Waals surface area (Å²) in [4.78, 5) is 14.9. The molecule has 0 saturated carbocycles. The second-order valence-corrected chi connectivity index (χ2v) is 11.4. The van der Waals surface area contributed by atoms with Crippen molar-refractivity contribution >= 4 is 17.3 Å². The van der Waals surface area contributed by atoms with Gasteiger partial charge in [-0.05, 0) is 70.0 Å². The van der Waals surface area contributed by atoms with Gasteiger partial charge in [0.25, 0.3) is 5.91 Å². The number of carbonyl (C=O) groups is 1. The number of ether oxygens (including phenoxy) is 5. The van der Waals surface area contributed by atoms with E-state index >= 15 is 0 Å². The Morgan fingerprint density at radius 3 is 2.49 bits per heavy atom. The molecule has 3 aromatic rings. The van der Waals surface area contributed by atoms with Gasteiger partial charge in [0, 0.05) is 30.3 Å². The third-order valence-electron chi connectivity index (χ3n) is 7.39. The summed E-state index contributed by atoms with van der Waals surface area (Å²) in [6.07, 6.45) is -0.170. The minimum atomic E-state index is -0.777. The Kier molecular flexibility index (Phi) is 7.61. The second-order valence-electron chi connectivity index (χ2n) is 11.4. The number of amides is 1. The van der Waals surface area contributed by atoms with Gasteiger partial charge in [-0.25, -0.2) is 4.39 Å². The van der Waals surface area contributed by atoms with Gasteiger partial charge in [-0.3, -0.25) is 4.79 Å². The highest BCUT2D eigenvalue weighted by atomic mass is 19.1. The summed E-state index contributed by atoms with van der Waals surface area (Å²) < 4.78 is 43.5. The van der Waals surface area contributed by atoms with Crippen molar-refractivity contribution in [3.63, 3.8) is 0 Å². The van der Waals surface area contributed by atoms with Gasteiger partial charge in [-0.1, -0.05) is 12.1 Å². The Labute approximate surface area is 240 Å². The highest BCUT2D eigenvalue weighted by Gasteiger charge is 2.39. The van der Waals surface area contributed by atoms with E-state index in [1.165, 1.54) is 12.1 Å². The Morgan fingerprint density at radius 2 is 1.78 bits per heavy atom. The normalized spacial score (nSPS) is 19.0. The number of hydrogen-bond donors (Lipinski definition) is 1. The number of fused-ring (bicyclic) bond motifs is 1. The van der Waals surface area contributed by atoms with Crippen molar-refractivity contribution in [2.24, 2.45) is 0 Å². The molecular formula is C32H37FN2O6. The summed E-state index contributed by atoms with van der Waals surface area (Å²) in [7, 11) is 3.36. The fourth-order valence-corrected chi connectivity index (χ4v) is 5.33. The first-order valence-electron chi connectivity index (χ1n) is 13.6. The zero-order valence-corrected chi connectivity index (χ0v) is 24.6. The molecule has 1 N–H and O–H groups in total. The molecule has 2 heterocycles. The summed E-state index contributed by atoms with van der Waals surface area (Å²) in [6, 6.07) is 14.0. The maximum absolute atomic E-state index is 14.0. The van der Waals surface area contributed by atoms with Crippen molar-refractivity contribution in [2.45, 2.75) is 58.7 Å². The Balaban J connectivity index is 1.52. The number of nitrogens with zero attached hydrogens (tertiary/aromatic N) is 1. The molecule has 1 saturated heterocycles. The topological polar surface area (TPSA) is 78.5 Å². The molecule has 3 aromatic carbocycles. The molecule has 0 aromatic heterocycles. The van der Waals surface area contributed by atoms with Gasteiger partial charge in [0.15, 0.2) is 5.79 Å². The lowest BCUT2D eigenvalue weighted by Crippen LogP contribution is -2.52. The quantitative estimate of drug-likeness (QED) is 0.355. The summed E-state index contributed by atoms with van der Waals surface area (Å²) in [5.41, 5.74) is 3.90. The maximum atomic E-state index is 14.0. The third-order valence-corrected chi connectivity index (χ3v) is 7.39. The van der Waals surface area contributed by atoms with Crippen molar-refractivity contribution in [1.29, 1.82) is 0 Å². The molecule has 0 unspecified atom stereocenters. The first-order valence-corrected chi connectivity index (χ1v) is 13.6. The summed E-state index contributed by atoms with van der Waals surface area (Å²) in [6.45, 7) is 10.2. The van der Waals surface area contributed by atoms with Crippen LogP contribution in [0.5, 0.6) is 17.2 Å². The number of hydrogen-bond acceptors (Lipinski definition) is 7. The van der Waals surface area contributed by atoms with Crippen LogP contribution in [0.1, 0.15) is 38.8 Å². The van der Waals surface area contributed by atoms with Crippen molar-refractivity contribution < 1.29 is 32.9 Å². The van der Waals surface area contributed by atoms with Crippen LogP contribution >= 0.6 is 0 Å². The number of carbonyl (C=O) groups excluding carboxylic acids is 1. The van der Waals surface area contributed by atoms with Crippen LogP contribution in [0, 0.1) is 12.7 Å². The van der Waals surface area contributed by atoms with E-state index in [1.807, 2.05) is 65.0 Å². The van der Waals surface area contributed by atoms with E-state index in [2.05, 4.69) is 5.32 Å². The van der Waals surface area contributed by atoms with Crippen LogP contribution in [0.4, 0.5) is 15.8 Å². The number of aryl methyl sites for hydroxylation is 1. The van der Waals surface area contributed by atoms with Gasteiger partial charge in [0.05, 0.1) is 25.1 Å². The minimum absolute atomic E-state index is 0.0812. The van der Waals surface area contributed by atoms with E-state index in [9.17, 15) is 9.18 Å².